The van der Waals surface area contributed by atoms with Crippen molar-refractivity contribution in [1.82, 2.24) is 0 Å². The second-order valence-corrected chi connectivity index (χ2v) is 5.79. The van der Waals surface area contributed by atoms with Crippen LogP contribution >= 0.6 is 0 Å². The number of alkyl halides is 3. The van der Waals surface area contributed by atoms with Crippen LogP contribution in [-0.4, -0.2) is 36.4 Å². The molecule has 0 fully saturated rings. The van der Waals surface area contributed by atoms with Gasteiger partial charge in [-0.25, -0.2) is 4.79 Å². The van der Waals surface area contributed by atoms with Crippen LogP contribution in [0.3, 0.4) is 0 Å². The van der Waals surface area contributed by atoms with Crippen molar-refractivity contribution in [2.45, 2.75) is 13.1 Å². The maximum absolute atomic E-state index is 12.2. The van der Waals surface area contributed by atoms with Crippen LogP contribution in [0.1, 0.15) is 27.6 Å². The summed E-state index contributed by atoms with van der Waals surface area (Å²) in [5.41, 5.74) is 0.564. The quantitative estimate of drug-likeness (QED) is 0.565. The molecule has 0 aliphatic rings. The van der Waals surface area contributed by atoms with Gasteiger partial charge in [0.05, 0.1) is 5.56 Å². The van der Waals surface area contributed by atoms with Crippen LogP contribution in [0.2, 0.25) is 0 Å². The van der Waals surface area contributed by atoms with E-state index >= 15 is 0 Å². The fourth-order valence-electron chi connectivity index (χ4n) is 2.12. The first-order valence-corrected chi connectivity index (χ1v) is 8.12. The zero-order valence-corrected chi connectivity index (χ0v) is 15.0. The Morgan fingerprint density at radius 3 is 2.14 bits per heavy atom. The van der Waals surface area contributed by atoms with Crippen LogP contribution in [0.4, 0.5) is 24.5 Å². The fraction of sp³-hybridized carbons (Fsp3) is 0.158. The van der Waals surface area contributed by atoms with Gasteiger partial charge >= 0.3 is 18.1 Å². The fourth-order valence-corrected chi connectivity index (χ4v) is 2.12. The maximum Gasteiger partial charge on any atom is 0.471 e. The Morgan fingerprint density at radius 2 is 1.55 bits per heavy atom. The summed E-state index contributed by atoms with van der Waals surface area (Å²) in [7, 11) is 0. The highest BCUT2D eigenvalue weighted by molar-refractivity contribution is 5.99. The van der Waals surface area contributed by atoms with Crippen molar-refractivity contribution in [3.05, 3.63) is 59.7 Å². The summed E-state index contributed by atoms with van der Waals surface area (Å²) in [5, 5.41) is 4.10. The third-order valence-corrected chi connectivity index (χ3v) is 3.52. The monoisotopic (exact) mass is 408 g/mol. The minimum absolute atomic E-state index is 0.0265. The SMILES string of the molecule is CC(=O)c1cccc(NC(=O)COC(=O)c2ccc(NC(=O)C(F)(F)F)cc2)c1. The van der Waals surface area contributed by atoms with E-state index in [1.165, 1.54) is 13.0 Å². The summed E-state index contributed by atoms with van der Waals surface area (Å²) in [5.74, 6) is -3.85. The van der Waals surface area contributed by atoms with Gasteiger partial charge in [0, 0.05) is 16.9 Å². The predicted octanol–water partition coefficient (Wildman–Crippen LogP) is 3.19. The van der Waals surface area contributed by atoms with Gasteiger partial charge in [0.1, 0.15) is 0 Å². The molecule has 0 aliphatic heterocycles. The standard InChI is InChI=1S/C19H15F3N2O5/c1-11(25)13-3-2-4-15(9-13)23-16(26)10-29-17(27)12-5-7-14(8-6-12)24-18(28)19(20,21)22/h2-9H,10H2,1H3,(H,23,26)(H,24,28). The third-order valence-electron chi connectivity index (χ3n) is 3.52. The topological polar surface area (TPSA) is 102 Å². The number of halogens is 3. The van der Waals surface area contributed by atoms with E-state index < -0.39 is 30.6 Å². The van der Waals surface area contributed by atoms with E-state index in [-0.39, 0.29) is 17.0 Å². The highest BCUT2D eigenvalue weighted by atomic mass is 19.4. The van der Waals surface area contributed by atoms with E-state index in [1.807, 2.05) is 0 Å². The summed E-state index contributed by atoms with van der Waals surface area (Å²) >= 11 is 0. The first-order valence-electron chi connectivity index (χ1n) is 8.12. The zero-order chi connectivity index (χ0) is 21.6. The van der Waals surface area contributed by atoms with Crippen LogP contribution in [-0.2, 0) is 14.3 Å². The number of benzene rings is 2. The van der Waals surface area contributed by atoms with E-state index in [0.29, 0.717) is 11.3 Å². The van der Waals surface area contributed by atoms with Gasteiger partial charge in [0.2, 0.25) is 0 Å². The molecule has 29 heavy (non-hydrogen) atoms. The summed E-state index contributed by atoms with van der Waals surface area (Å²) in [6.45, 7) is 0.762. The number of ketones is 1. The molecule has 2 rings (SSSR count). The number of amides is 2. The normalized spacial score (nSPS) is 10.8. The zero-order valence-electron chi connectivity index (χ0n) is 15.0. The first-order chi connectivity index (χ1) is 13.6. The third kappa shape index (κ3) is 6.45. The minimum atomic E-state index is -5.03. The Kier molecular flexibility index (Phi) is 6.71. The van der Waals surface area contributed by atoms with Gasteiger partial charge in [0.25, 0.3) is 5.91 Å². The van der Waals surface area contributed by atoms with Crippen molar-refractivity contribution in [3.63, 3.8) is 0 Å². The van der Waals surface area contributed by atoms with Crippen molar-refractivity contribution < 1.29 is 37.1 Å². The van der Waals surface area contributed by atoms with Crippen LogP contribution in [0.15, 0.2) is 48.5 Å². The molecule has 0 atom stereocenters. The Morgan fingerprint density at radius 1 is 0.897 bits per heavy atom. The molecule has 0 aromatic heterocycles. The molecule has 2 N–H and O–H groups in total. The first kappa shape index (κ1) is 21.6. The highest BCUT2D eigenvalue weighted by Gasteiger charge is 2.38. The number of Topliss-reactive ketones (excluding diaryl/α,β-unsaturated/α-hetero) is 1. The molecule has 0 spiro atoms. The van der Waals surface area contributed by atoms with Gasteiger partial charge in [-0.05, 0) is 43.3 Å². The molecule has 2 amide bonds. The molecule has 10 heteroatoms. The van der Waals surface area contributed by atoms with Gasteiger partial charge in [0.15, 0.2) is 12.4 Å². The maximum atomic E-state index is 12.2. The van der Waals surface area contributed by atoms with Crippen LogP contribution in [0.25, 0.3) is 0 Å². The van der Waals surface area contributed by atoms with Gasteiger partial charge in [-0.1, -0.05) is 12.1 Å². The van der Waals surface area contributed by atoms with Gasteiger partial charge in [-0.3, -0.25) is 14.4 Å². The lowest BCUT2D eigenvalue weighted by Gasteiger charge is -2.09. The second-order valence-electron chi connectivity index (χ2n) is 5.79. The molecule has 0 radical (unpaired) electrons. The van der Waals surface area contributed by atoms with Crippen molar-refractivity contribution in [2.75, 3.05) is 17.2 Å². The van der Waals surface area contributed by atoms with Crippen molar-refractivity contribution in [3.8, 4) is 0 Å². The number of carbonyl (C=O) groups excluding carboxylic acids is 4. The molecule has 0 bridgehead atoms. The smallest absolute Gasteiger partial charge is 0.452 e. The van der Waals surface area contributed by atoms with E-state index in [0.717, 1.165) is 24.3 Å². The number of esters is 1. The number of hydrogen-bond acceptors (Lipinski definition) is 5. The molecular weight excluding hydrogens is 393 g/mol. The average Bonchev–Trinajstić information content (AvgIpc) is 2.66. The second kappa shape index (κ2) is 9.00. The number of hydrogen-bond donors (Lipinski definition) is 2. The molecular formula is C19H15F3N2O5. The Labute approximate surface area is 162 Å². The summed E-state index contributed by atoms with van der Waals surface area (Å²) in [6, 6.07) is 10.7. The van der Waals surface area contributed by atoms with Crippen LogP contribution in [0, 0.1) is 0 Å². The minimum Gasteiger partial charge on any atom is -0.452 e. The Balaban J connectivity index is 1.88. The molecule has 152 valence electrons. The molecule has 0 aliphatic carbocycles. The highest BCUT2D eigenvalue weighted by Crippen LogP contribution is 2.19. The van der Waals surface area contributed by atoms with E-state index in [4.69, 9.17) is 4.74 Å². The van der Waals surface area contributed by atoms with Gasteiger partial charge in [-0.2, -0.15) is 13.2 Å². The largest absolute Gasteiger partial charge is 0.471 e. The van der Waals surface area contributed by atoms with Gasteiger partial charge < -0.3 is 15.4 Å². The molecule has 0 unspecified atom stereocenters. The van der Waals surface area contributed by atoms with E-state index in [1.54, 1.807) is 23.5 Å². The molecule has 0 heterocycles. The van der Waals surface area contributed by atoms with Crippen molar-refractivity contribution in [1.29, 1.82) is 0 Å². The molecule has 2 aromatic carbocycles. The summed E-state index contributed by atoms with van der Waals surface area (Å²) in [4.78, 5) is 46.0. The van der Waals surface area contributed by atoms with Gasteiger partial charge in [-0.15, -0.1) is 0 Å². The number of carbonyl (C=O) groups is 4. The Bertz CT molecular complexity index is 940. The number of nitrogens with one attached hydrogen (secondary N) is 2. The van der Waals surface area contributed by atoms with Crippen molar-refractivity contribution in [2.24, 2.45) is 0 Å². The molecule has 0 saturated carbocycles. The van der Waals surface area contributed by atoms with Crippen LogP contribution < -0.4 is 10.6 Å². The van der Waals surface area contributed by atoms with E-state index in [2.05, 4.69) is 5.32 Å². The number of anilines is 2. The van der Waals surface area contributed by atoms with Crippen molar-refractivity contribution >= 4 is 34.9 Å². The summed E-state index contributed by atoms with van der Waals surface area (Å²) < 4.78 is 41.4. The molecule has 2 aromatic rings. The Hall–Kier alpha value is -3.69. The lowest BCUT2D eigenvalue weighted by molar-refractivity contribution is -0.167. The lowest BCUT2D eigenvalue weighted by Crippen LogP contribution is -2.29. The number of rotatable bonds is 6. The molecule has 7 nitrogen and oxygen atoms in total. The average molecular weight is 408 g/mol. The molecule has 0 saturated heterocycles. The van der Waals surface area contributed by atoms with Crippen LogP contribution in [0.5, 0.6) is 0 Å². The van der Waals surface area contributed by atoms with E-state index in [9.17, 15) is 32.3 Å². The summed E-state index contributed by atoms with van der Waals surface area (Å²) in [6.07, 6.45) is -5.03. The predicted molar refractivity (Wildman–Crippen MR) is 96.5 cm³/mol. The lowest BCUT2D eigenvalue weighted by atomic mass is 10.1. The number of ether oxygens (including phenoxy) is 1.